The number of nitrogens with one attached hydrogen (secondary N) is 1. The topological polar surface area (TPSA) is 98.2 Å². The zero-order valence-electron chi connectivity index (χ0n) is 11.4. The molecule has 0 radical (unpaired) electrons. The Morgan fingerprint density at radius 2 is 1.68 bits per heavy atom. The highest BCUT2D eigenvalue weighted by Gasteiger charge is 2.33. The van der Waals surface area contributed by atoms with E-state index in [1.807, 2.05) is 13.8 Å². The van der Waals surface area contributed by atoms with Crippen LogP contribution in [0.3, 0.4) is 0 Å². The SMILES string of the molecule is CCC(CC)(CN)C(=O)Nc1ccc(C(N)=O)cc1. The fourth-order valence-electron chi connectivity index (χ4n) is 1.93. The molecule has 0 saturated carbocycles. The summed E-state index contributed by atoms with van der Waals surface area (Å²) in [5.41, 5.74) is 11.4. The smallest absolute Gasteiger partial charge is 0.248 e. The predicted molar refractivity (Wildman–Crippen MR) is 75.7 cm³/mol. The van der Waals surface area contributed by atoms with E-state index in [0.29, 0.717) is 30.6 Å². The van der Waals surface area contributed by atoms with Gasteiger partial charge in [0.15, 0.2) is 0 Å². The van der Waals surface area contributed by atoms with E-state index in [4.69, 9.17) is 11.5 Å². The van der Waals surface area contributed by atoms with Gasteiger partial charge in [-0.15, -0.1) is 0 Å². The van der Waals surface area contributed by atoms with Gasteiger partial charge in [0.05, 0.1) is 5.41 Å². The number of benzene rings is 1. The first-order valence-electron chi connectivity index (χ1n) is 6.40. The number of nitrogens with two attached hydrogens (primary N) is 2. The second kappa shape index (κ2) is 6.33. The molecule has 0 aliphatic heterocycles. The van der Waals surface area contributed by atoms with E-state index in [2.05, 4.69) is 5.32 Å². The molecule has 1 rings (SSSR count). The van der Waals surface area contributed by atoms with Crippen molar-refractivity contribution in [3.63, 3.8) is 0 Å². The van der Waals surface area contributed by atoms with E-state index >= 15 is 0 Å². The van der Waals surface area contributed by atoms with Crippen LogP contribution < -0.4 is 16.8 Å². The third-order valence-electron chi connectivity index (χ3n) is 3.65. The highest BCUT2D eigenvalue weighted by Crippen LogP contribution is 2.26. The molecule has 1 aromatic rings. The van der Waals surface area contributed by atoms with Gasteiger partial charge in [-0.25, -0.2) is 0 Å². The molecule has 0 heterocycles. The van der Waals surface area contributed by atoms with E-state index in [1.165, 1.54) is 0 Å². The predicted octanol–water partition coefficient (Wildman–Crippen LogP) is 1.49. The van der Waals surface area contributed by atoms with Crippen molar-refractivity contribution < 1.29 is 9.59 Å². The number of carbonyl (C=O) groups is 2. The summed E-state index contributed by atoms with van der Waals surface area (Å²) < 4.78 is 0. The molecule has 0 aliphatic rings. The van der Waals surface area contributed by atoms with Crippen LogP contribution in [0.25, 0.3) is 0 Å². The standard InChI is InChI=1S/C14H21N3O2/c1-3-14(4-2,9-15)13(19)17-11-7-5-10(6-8-11)12(16)18/h5-8H,3-4,9,15H2,1-2H3,(H2,16,18)(H,17,19). The number of amides is 2. The maximum absolute atomic E-state index is 12.3. The van der Waals surface area contributed by atoms with Crippen LogP contribution in [0.1, 0.15) is 37.0 Å². The van der Waals surface area contributed by atoms with Crippen molar-refractivity contribution >= 4 is 17.5 Å². The van der Waals surface area contributed by atoms with Crippen molar-refractivity contribution in [2.24, 2.45) is 16.9 Å². The molecule has 2 amide bonds. The Morgan fingerprint density at radius 3 is 2.05 bits per heavy atom. The Kier molecular flexibility index (Phi) is 5.06. The van der Waals surface area contributed by atoms with Gasteiger partial charge in [-0.1, -0.05) is 13.8 Å². The van der Waals surface area contributed by atoms with E-state index in [9.17, 15) is 9.59 Å². The molecule has 0 spiro atoms. The van der Waals surface area contributed by atoms with Crippen LogP contribution in [0.2, 0.25) is 0 Å². The van der Waals surface area contributed by atoms with Crippen LogP contribution in [0.15, 0.2) is 24.3 Å². The van der Waals surface area contributed by atoms with Crippen LogP contribution in [0, 0.1) is 5.41 Å². The Balaban J connectivity index is 2.84. The molecule has 0 bridgehead atoms. The van der Waals surface area contributed by atoms with Crippen molar-refractivity contribution in [3.05, 3.63) is 29.8 Å². The Morgan fingerprint density at radius 1 is 1.16 bits per heavy atom. The summed E-state index contributed by atoms with van der Waals surface area (Å²) in [6, 6.07) is 6.48. The maximum Gasteiger partial charge on any atom is 0.248 e. The van der Waals surface area contributed by atoms with Crippen LogP contribution in [-0.4, -0.2) is 18.4 Å². The van der Waals surface area contributed by atoms with Crippen molar-refractivity contribution in [1.29, 1.82) is 0 Å². The largest absolute Gasteiger partial charge is 0.366 e. The van der Waals surface area contributed by atoms with Gasteiger partial charge in [-0.05, 0) is 37.1 Å². The molecule has 19 heavy (non-hydrogen) atoms. The van der Waals surface area contributed by atoms with Gasteiger partial charge in [0.25, 0.3) is 0 Å². The normalized spacial score (nSPS) is 11.1. The minimum absolute atomic E-state index is 0.0909. The monoisotopic (exact) mass is 263 g/mol. The third kappa shape index (κ3) is 3.32. The molecule has 0 aromatic heterocycles. The van der Waals surface area contributed by atoms with E-state index in [0.717, 1.165) is 0 Å². The summed E-state index contributed by atoms with van der Waals surface area (Å²) in [5.74, 6) is -0.580. The third-order valence-corrected chi connectivity index (χ3v) is 3.65. The lowest BCUT2D eigenvalue weighted by atomic mass is 9.81. The summed E-state index contributed by atoms with van der Waals surface area (Å²) in [6.07, 6.45) is 1.37. The molecule has 5 nitrogen and oxygen atoms in total. The lowest BCUT2D eigenvalue weighted by molar-refractivity contribution is -0.125. The minimum Gasteiger partial charge on any atom is -0.366 e. The summed E-state index contributed by atoms with van der Waals surface area (Å²) >= 11 is 0. The zero-order chi connectivity index (χ0) is 14.5. The fraction of sp³-hybridized carbons (Fsp3) is 0.429. The maximum atomic E-state index is 12.3. The Bertz CT molecular complexity index is 442. The first kappa shape index (κ1) is 15.2. The number of carbonyl (C=O) groups excluding carboxylic acids is 2. The van der Waals surface area contributed by atoms with E-state index in [1.54, 1.807) is 24.3 Å². The molecule has 5 N–H and O–H groups in total. The second-order valence-electron chi connectivity index (χ2n) is 4.59. The van der Waals surface area contributed by atoms with Crippen molar-refractivity contribution in [2.45, 2.75) is 26.7 Å². The first-order chi connectivity index (χ1) is 8.99. The molecule has 5 heteroatoms. The zero-order valence-corrected chi connectivity index (χ0v) is 11.4. The van der Waals surface area contributed by atoms with Gasteiger partial charge in [-0.2, -0.15) is 0 Å². The number of anilines is 1. The summed E-state index contributed by atoms with van der Waals surface area (Å²) in [7, 11) is 0. The van der Waals surface area contributed by atoms with Crippen LogP contribution in [0.4, 0.5) is 5.69 Å². The molecule has 0 saturated heterocycles. The molecule has 0 atom stereocenters. The Hall–Kier alpha value is -1.88. The fourth-order valence-corrected chi connectivity index (χ4v) is 1.93. The van der Waals surface area contributed by atoms with Gasteiger partial charge in [0.2, 0.25) is 11.8 Å². The average molecular weight is 263 g/mol. The summed E-state index contributed by atoms with van der Waals surface area (Å²) in [6.45, 7) is 4.21. The second-order valence-corrected chi connectivity index (χ2v) is 4.59. The van der Waals surface area contributed by atoms with E-state index < -0.39 is 11.3 Å². The van der Waals surface area contributed by atoms with Crippen molar-refractivity contribution in [3.8, 4) is 0 Å². The molecule has 0 fully saturated rings. The van der Waals surface area contributed by atoms with Gasteiger partial charge >= 0.3 is 0 Å². The van der Waals surface area contributed by atoms with Gasteiger partial charge in [0.1, 0.15) is 0 Å². The van der Waals surface area contributed by atoms with E-state index in [-0.39, 0.29) is 5.91 Å². The van der Waals surface area contributed by atoms with Crippen molar-refractivity contribution in [1.82, 2.24) is 0 Å². The molecule has 1 aromatic carbocycles. The number of rotatable bonds is 6. The first-order valence-corrected chi connectivity index (χ1v) is 6.40. The van der Waals surface area contributed by atoms with Crippen LogP contribution >= 0.6 is 0 Å². The summed E-state index contributed by atoms with van der Waals surface area (Å²) in [4.78, 5) is 23.2. The van der Waals surface area contributed by atoms with Gasteiger partial charge in [0, 0.05) is 17.8 Å². The van der Waals surface area contributed by atoms with Gasteiger partial charge in [-0.3, -0.25) is 9.59 Å². The number of primary amides is 1. The van der Waals surface area contributed by atoms with Crippen LogP contribution in [-0.2, 0) is 4.79 Å². The highest BCUT2D eigenvalue weighted by molar-refractivity contribution is 5.97. The molecule has 0 unspecified atom stereocenters. The minimum atomic E-state index is -0.539. The van der Waals surface area contributed by atoms with Gasteiger partial charge < -0.3 is 16.8 Å². The number of hydrogen-bond donors (Lipinski definition) is 3. The molecular weight excluding hydrogens is 242 g/mol. The Labute approximate surface area is 113 Å². The van der Waals surface area contributed by atoms with Crippen LogP contribution in [0.5, 0.6) is 0 Å². The molecule has 104 valence electrons. The average Bonchev–Trinajstić information content (AvgIpc) is 2.42. The van der Waals surface area contributed by atoms with Crippen molar-refractivity contribution in [2.75, 3.05) is 11.9 Å². The molecular formula is C14H21N3O2. The lowest BCUT2D eigenvalue weighted by Crippen LogP contribution is -2.41. The molecule has 0 aliphatic carbocycles. The quantitative estimate of drug-likeness (QED) is 0.725. The summed E-state index contributed by atoms with van der Waals surface area (Å²) in [5, 5.41) is 2.83. The highest BCUT2D eigenvalue weighted by atomic mass is 16.2. The lowest BCUT2D eigenvalue weighted by Gasteiger charge is -2.28. The number of hydrogen-bond acceptors (Lipinski definition) is 3.